The smallest absolute Gasteiger partial charge is 0.311 e. The summed E-state index contributed by atoms with van der Waals surface area (Å²) in [4.78, 5) is 44.3. The average molecular weight is 1450 g/mol. The van der Waals surface area contributed by atoms with E-state index in [9.17, 15) is 29.7 Å². The summed E-state index contributed by atoms with van der Waals surface area (Å²) in [6, 6.07) is 26.0. The first-order valence-electron chi connectivity index (χ1n) is 39.3. The Morgan fingerprint density at radius 2 is 0.425 bits per heavy atom. The van der Waals surface area contributed by atoms with E-state index in [-0.39, 0.29) is 81.5 Å². The summed E-state index contributed by atoms with van der Waals surface area (Å²) in [5.74, 6) is 1.29. The van der Waals surface area contributed by atoms with Crippen LogP contribution in [0.15, 0.2) is 72.8 Å². The van der Waals surface area contributed by atoms with Crippen LogP contribution in [-0.4, -0.2) is 33.2 Å². The van der Waals surface area contributed by atoms with Gasteiger partial charge >= 0.3 is 17.9 Å². The molecule has 9 nitrogen and oxygen atoms in total. The summed E-state index contributed by atoms with van der Waals surface area (Å²) in [6.07, 6.45) is 2.34. The monoisotopic (exact) mass is 1450 g/mol. The third kappa shape index (κ3) is 21.5. The second-order valence-electron chi connectivity index (χ2n) is 43.6. The van der Waals surface area contributed by atoms with Crippen molar-refractivity contribution < 1.29 is 43.9 Å². The fourth-order valence-electron chi connectivity index (χ4n) is 14.4. The van der Waals surface area contributed by atoms with Crippen molar-refractivity contribution in [1.29, 1.82) is 0 Å². The zero-order valence-electron chi connectivity index (χ0n) is 73.3. The highest BCUT2D eigenvalue weighted by molar-refractivity contribution is 5.77. The Bertz CT molecular complexity index is 3820. The summed E-state index contributed by atoms with van der Waals surface area (Å²) in [5, 5.41) is 34.8. The summed E-state index contributed by atoms with van der Waals surface area (Å²) in [7, 11) is 0. The topological polar surface area (TPSA) is 140 Å². The van der Waals surface area contributed by atoms with Crippen LogP contribution < -0.4 is 14.2 Å². The van der Waals surface area contributed by atoms with Gasteiger partial charge in [-0.25, -0.2) is 0 Å². The Kier molecular flexibility index (Phi) is 25.4. The highest BCUT2D eigenvalue weighted by Gasteiger charge is 2.39. The van der Waals surface area contributed by atoms with E-state index in [1.54, 1.807) is 0 Å². The van der Waals surface area contributed by atoms with Crippen molar-refractivity contribution >= 4 is 17.9 Å². The Morgan fingerprint density at radius 1 is 0.264 bits per heavy atom. The predicted octanol–water partition coefficient (Wildman–Crippen LogP) is 25.3. The molecular formula is C97H142O9. The lowest BCUT2D eigenvalue weighted by atomic mass is 9.71. The van der Waals surface area contributed by atoms with Crippen LogP contribution in [0.4, 0.5) is 0 Å². The first-order chi connectivity index (χ1) is 47.5. The van der Waals surface area contributed by atoms with Crippen molar-refractivity contribution in [1.82, 2.24) is 0 Å². The van der Waals surface area contributed by atoms with Gasteiger partial charge in [0.25, 0.3) is 0 Å². The summed E-state index contributed by atoms with van der Waals surface area (Å²) in [5.41, 5.74) is 11.9. The van der Waals surface area contributed by atoms with E-state index in [0.29, 0.717) is 60.2 Å². The number of carbonyl (C=O) groups excluding carboxylic acids is 3. The second-order valence-corrected chi connectivity index (χ2v) is 43.6. The van der Waals surface area contributed by atoms with Crippen molar-refractivity contribution in [2.24, 2.45) is 0 Å². The molecule has 3 N–H and O–H groups in total. The van der Waals surface area contributed by atoms with Gasteiger partial charge in [-0.3, -0.25) is 14.4 Å². The van der Waals surface area contributed by atoms with Gasteiger partial charge in [-0.05, 0) is 163 Å². The molecule has 0 saturated carbocycles. The molecule has 0 aliphatic carbocycles. The van der Waals surface area contributed by atoms with Crippen LogP contribution in [0.3, 0.4) is 0 Å². The molecule has 0 aromatic heterocycles. The molecule has 6 rings (SSSR count). The Morgan fingerprint density at radius 3 is 0.585 bits per heavy atom. The first-order valence-corrected chi connectivity index (χ1v) is 39.3. The maximum Gasteiger partial charge on any atom is 0.311 e. The average Bonchev–Trinajstić information content (AvgIpc) is 0.625. The van der Waals surface area contributed by atoms with Crippen molar-refractivity contribution in [3.05, 3.63) is 173 Å². The van der Waals surface area contributed by atoms with Gasteiger partial charge < -0.3 is 29.5 Å². The molecule has 1 atom stereocenters. The number of aromatic hydroxyl groups is 3. The van der Waals surface area contributed by atoms with Crippen LogP contribution in [0.25, 0.3) is 0 Å². The van der Waals surface area contributed by atoms with Crippen LogP contribution in [-0.2, 0) is 98.6 Å². The van der Waals surface area contributed by atoms with Crippen molar-refractivity contribution in [2.75, 3.05) is 0 Å². The molecule has 584 valence electrons. The van der Waals surface area contributed by atoms with Gasteiger partial charge in [-0.2, -0.15) is 0 Å². The van der Waals surface area contributed by atoms with E-state index >= 15 is 0 Å². The number of phenols is 3. The highest BCUT2D eigenvalue weighted by Crippen LogP contribution is 2.52. The number of carbonyl (C=O) groups is 3. The lowest BCUT2D eigenvalue weighted by Crippen LogP contribution is -2.25. The number of rotatable bonds is 17. The molecule has 0 aliphatic heterocycles. The van der Waals surface area contributed by atoms with Crippen LogP contribution in [0.1, 0.15) is 394 Å². The summed E-state index contributed by atoms with van der Waals surface area (Å²) in [6.45, 7) is 79.6. The van der Waals surface area contributed by atoms with Gasteiger partial charge in [0.15, 0.2) is 0 Å². The van der Waals surface area contributed by atoms with Gasteiger partial charge in [0.1, 0.15) is 34.5 Å². The molecule has 0 saturated heterocycles. The molecule has 0 spiro atoms. The number of ether oxygens (including phenoxy) is 3. The number of esters is 3. The van der Waals surface area contributed by atoms with Gasteiger partial charge in [-0.15, -0.1) is 0 Å². The minimum atomic E-state index is -0.513. The molecule has 0 bridgehead atoms. The Hall–Kier alpha value is -6.87. The maximum absolute atomic E-state index is 14.8. The molecule has 9 heteroatoms. The normalized spacial score (nSPS) is 13.9. The van der Waals surface area contributed by atoms with E-state index < -0.39 is 32.5 Å². The van der Waals surface area contributed by atoms with Crippen LogP contribution in [0.5, 0.6) is 34.5 Å². The first kappa shape index (κ1) is 88.0. The largest absolute Gasteiger partial charge is 0.507 e. The van der Waals surface area contributed by atoms with E-state index in [2.05, 4.69) is 329 Å². The number of benzene rings is 6. The third-order valence-corrected chi connectivity index (χ3v) is 21.0. The van der Waals surface area contributed by atoms with Crippen LogP contribution >= 0.6 is 0 Å². The fraction of sp³-hybridized carbons (Fsp3) is 0.598. The third-order valence-electron chi connectivity index (χ3n) is 21.0. The molecular weight excluding hydrogens is 1310 g/mol. The Labute approximate surface area is 643 Å². The van der Waals surface area contributed by atoms with Gasteiger partial charge in [0.2, 0.25) is 0 Å². The number of hydrogen-bond acceptors (Lipinski definition) is 9. The lowest BCUT2D eigenvalue weighted by molar-refractivity contribution is -0.135. The summed E-state index contributed by atoms with van der Waals surface area (Å²) >= 11 is 0. The Balaban J connectivity index is 1.60. The molecule has 6 aromatic carbocycles. The molecule has 106 heavy (non-hydrogen) atoms. The van der Waals surface area contributed by atoms with E-state index in [4.69, 9.17) is 14.2 Å². The quantitative estimate of drug-likeness (QED) is 0.0601. The van der Waals surface area contributed by atoms with E-state index in [0.717, 1.165) is 100 Å². The molecule has 0 radical (unpaired) electrons. The number of hydrogen-bond donors (Lipinski definition) is 3. The fourth-order valence-corrected chi connectivity index (χ4v) is 14.4. The van der Waals surface area contributed by atoms with Gasteiger partial charge in [0, 0.05) is 58.6 Å². The molecule has 0 fully saturated rings. The molecule has 0 amide bonds. The number of phenolic OH excluding ortho intramolecular Hbond substituents is 3. The van der Waals surface area contributed by atoms with Crippen molar-refractivity contribution in [3.8, 4) is 34.5 Å². The highest BCUT2D eigenvalue weighted by atomic mass is 16.5. The van der Waals surface area contributed by atoms with Crippen molar-refractivity contribution in [3.63, 3.8) is 0 Å². The standard InChI is InChI=1S/C97H142O9/c1-57(61-51-71(92(20,21)22)83(72(52-61)93(23,24)25)104-77(98)41-38-58-45-65(86(2,3)4)80(101)66(46-58)87(5,6)7)44-64(62-53-73(94(26,27)28)84(74(54-62)95(29,30)31)105-78(99)42-39-59-47-67(88(8,9)10)81(102)68(48-59)89(11,12)13)63-55-75(96(32,33)34)85(76(56-63)97(35,36)37)106-79(100)43-40-60-49-69(90(14,15)16)82(103)70(50-60)91(17,18)19/h45-57,64,101-103H,38-44H2,1-37H3. The molecule has 6 aromatic rings. The maximum atomic E-state index is 14.8. The minimum Gasteiger partial charge on any atom is -0.507 e. The molecule has 0 aliphatic rings. The SMILES string of the molecule is CC(CC(c1cc(C(C)(C)C)c(OC(=O)CCc2cc(C(C)(C)C)c(O)c(C(C)(C)C)c2)c(C(C)(C)C)c1)c1cc(C(C)(C)C)c(OC(=O)CCc2cc(C(C)(C)C)c(O)c(C(C)(C)C)c2)c(C(C)(C)C)c1)c1cc(C(C)(C)C)c(OC(=O)CCc2cc(C(C)(C)C)c(O)c(C(C)(C)C)c2)c(C(C)(C)C)c1. The summed E-state index contributed by atoms with van der Waals surface area (Å²) < 4.78 is 20.4. The lowest BCUT2D eigenvalue weighted by Gasteiger charge is -2.35. The zero-order valence-corrected chi connectivity index (χ0v) is 73.3. The van der Waals surface area contributed by atoms with Crippen LogP contribution in [0, 0.1) is 0 Å². The second kappa shape index (κ2) is 30.5. The zero-order chi connectivity index (χ0) is 81.3. The van der Waals surface area contributed by atoms with E-state index in [1.807, 2.05) is 0 Å². The molecule has 0 heterocycles. The van der Waals surface area contributed by atoms with Crippen LogP contribution in [0.2, 0.25) is 0 Å². The van der Waals surface area contributed by atoms with E-state index in [1.165, 1.54) is 0 Å². The number of aryl methyl sites for hydroxylation is 3. The molecule has 1 unspecified atom stereocenters. The minimum absolute atomic E-state index is 0.0992. The van der Waals surface area contributed by atoms with Gasteiger partial charge in [0.05, 0.1) is 0 Å². The van der Waals surface area contributed by atoms with Crippen molar-refractivity contribution in [2.45, 2.75) is 378 Å². The predicted molar refractivity (Wildman–Crippen MR) is 445 cm³/mol. The van der Waals surface area contributed by atoms with Gasteiger partial charge in [-0.1, -0.05) is 329 Å².